The Balaban J connectivity index is 1.87. The minimum Gasteiger partial charge on any atom is -0.502 e. The first kappa shape index (κ1) is 24.8. The standard InChI is InChI=1S/C28H38N2O3/c1-6-9-10-11-18-30(4,5)20-21-12-17-25-24(19-21)26(31)27(32)28(33-25)22-13-15-23(16-14-22)29(7-2)8-3/h12-17,19H,6-11,18,20H2,1-5H3/p+1. The molecule has 5 nitrogen and oxygen atoms in total. The highest BCUT2D eigenvalue weighted by atomic mass is 16.4. The molecule has 0 amide bonds. The molecule has 1 aromatic heterocycles. The number of hydrogen-bond donors (Lipinski definition) is 1. The lowest BCUT2D eigenvalue weighted by atomic mass is 10.1. The average molecular weight is 452 g/mol. The van der Waals surface area contributed by atoms with Crippen molar-refractivity contribution in [1.82, 2.24) is 0 Å². The van der Waals surface area contributed by atoms with E-state index < -0.39 is 0 Å². The number of unbranched alkanes of at least 4 members (excludes halogenated alkanes) is 3. The molecule has 0 unspecified atom stereocenters. The highest BCUT2D eigenvalue weighted by Gasteiger charge is 2.19. The predicted molar refractivity (Wildman–Crippen MR) is 138 cm³/mol. The summed E-state index contributed by atoms with van der Waals surface area (Å²) in [4.78, 5) is 15.3. The van der Waals surface area contributed by atoms with E-state index >= 15 is 0 Å². The fraction of sp³-hybridized carbons (Fsp3) is 0.464. The first-order chi connectivity index (χ1) is 15.8. The van der Waals surface area contributed by atoms with Gasteiger partial charge in [0.05, 0.1) is 26.0 Å². The second-order valence-corrected chi connectivity index (χ2v) is 9.54. The number of benzene rings is 2. The summed E-state index contributed by atoms with van der Waals surface area (Å²) in [5.74, 6) is -0.109. The van der Waals surface area contributed by atoms with Crippen LogP contribution in [0.4, 0.5) is 5.69 Å². The van der Waals surface area contributed by atoms with Crippen LogP contribution in [0.25, 0.3) is 22.3 Å². The molecule has 0 saturated carbocycles. The minimum absolute atomic E-state index is 0.221. The van der Waals surface area contributed by atoms with Gasteiger partial charge in [-0.15, -0.1) is 0 Å². The summed E-state index contributed by atoms with van der Waals surface area (Å²) in [6.45, 7) is 10.2. The summed E-state index contributed by atoms with van der Waals surface area (Å²) in [6.07, 6.45) is 4.97. The van der Waals surface area contributed by atoms with Crippen LogP contribution < -0.4 is 10.3 Å². The van der Waals surface area contributed by atoms with Crippen LogP contribution in [0.15, 0.2) is 51.7 Å². The minimum atomic E-state index is -0.380. The predicted octanol–water partition coefficient (Wildman–Crippen LogP) is 6.17. The Bertz CT molecular complexity index is 1110. The molecule has 1 heterocycles. The van der Waals surface area contributed by atoms with Crippen LogP contribution in [-0.4, -0.2) is 43.3 Å². The molecule has 0 bridgehead atoms. The van der Waals surface area contributed by atoms with Gasteiger partial charge >= 0.3 is 0 Å². The highest BCUT2D eigenvalue weighted by Crippen LogP contribution is 2.31. The van der Waals surface area contributed by atoms with E-state index in [9.17, 15) is 9.90 Å². The molecule has 33 heavy (non-hydrogen) atoms. The summed E-state index contributed by atoms with van der Waals surface area (Å²) in [5.41, 5.74) is 2.99. The molecule has 0 atom stereocenters. The maximum atomic E-state index is 13.0. The van der Waals surface area contributed by atoms with Crippen LogP contribution >= 0.6 is 0 Å². The van der Waals surface area contributed by atoms with Gasteiger partial charge in [-0.25, -0.2) is 0 Å². The van der Waals surface area contributed by atoms with Crippen LogP contribution in [0.1, 0.15) is 52.0 Å². The fourth-order valence-corrected chi connectivity index (χ4v) is 4.48. The summed E-state index contributed by atoms with van der Waals surface area (Å²) in [6, 6.07) is 13.5. The number of nitrogens with zero attached hydrogens (tertiary/aromatic N) is 2. The van der Waals surface area contributed by atoms with Crippen molar-refractivity contribution in [3.05, 3.63) is 58.3 Å². The van der Waals surface area contributed by atoms with Crippen LogP contribution in [0.3, 0.4) is 0 Å². The van der Waals surface area contributed by atoms with Gasteiger partial charge in [-0.1, -0.05) is 19.8 Å². The second kappa shape index (κ2) is 10.9. The van der Waals surface area contributed by atoms with E-state index in [4.69, 9.17) is 4.42 Å². The van der Waals surface area contributed by atoms with E-state index in [-0.39, 0.29) is 16.9 Å². The largest absolute Gasteiger partial charge is 0.502 e. The number of fused-ring (bicyclic) bond motifs is 1. The molecule has 178 valence electrons. The molecule has 3 aromatic rings. The number of hydrogen-bond acceptors (Lipinski definition) is 4. The van der Waals surface area contributed by atoms with Gasteiger partial charge in [0, 0.05) is 29.9 Å². The molecule has 2 aromatic carbocycles. The van der Waals surface area contributed by atoms with Crippen molar-refractivity contribution in [2.75, 3.05) is 38.6 Å². The number of aromatic hydroxyl groups is 1. The zero-order valence-corrected chi connectivity index (χ0v) is 20.9. The summed E-state index contributed by atoms with van der Waals surface area (Å²) in [7, 11) is 4.45. The van der Waals surface area contributed by atoms with E-state index in [0.717, 1.165) is 41.9 Å². The Hall–Kier alpha value is -2.79. The normalized spacial score (nSPS) is 11.8. The summed E-state index contributed by atoms with van der Waals surface area (Å²) < 4.78 is 6.89. The second-order valence-electron chi connectivity index (χ2n) is 9.54. The average Bonchev–Trinajstić information content (AvgIpc) is 2.80. The molecular formula is C28H39N2O3+. The zero-order chi connectivity index (χ0) is 24.0. The van der Waals surface area contributed by atoms with Gasteiger partial charge in [-0.2, -0.15) is 0 Å². The Morgan fingerprint density at radius 1 is 0.939 bits per heavy atom. The molecule has 0 radical (unpaired) electrons. The molecule has 0 fully saturated rings. The fourth-order valence-electron chi connectivity index (χ4n) is 4.48. The van der Waals surface area contributed by atoms with Gasteiger partial charge in [0.1, 0.15) is 12.1 Å². The summed E-state index contributed by atoms with van der Waals surface area (Å²) in [5, 5.41) is 11.1. The van der Waals surface area contributed by atoms with Crippen molar-refractivity contribution in [3.63, 3.8) is 0 Å². The first-order valence-corrected chi connectivity index (χ1v) is 12.3. The Morgan fingerprint density at radius 3 is 2.27 bits per heavy atom. The maximum absolute atomic E-state index is 13.0. The van der Waals surface area contributed by atoms with Crippen LogP contribution in [-0.2, 0) is 6.54 Å². The van der Waals surface area contributed by atoms with Crippen molar-refractivity contribution < 1.29 is 14.0 Å². The zero-order valence-electron chi connectivity index (χ0n) is 20.9. The van der Waals surface area contributed by atoms with Gasteiger partial charge in [0.2, 0.25) is 11.2 Å². The van der Waals surface area contributed by atoms with Crippen molar-refractivity contribution in [1.29, 1.82) is 0 Å². The lowest BCUT2D eigenvalue weighted by molar-refractivity contribution is -0.903. The molecule has 0 aliphatic rings. The number of anilines is 1. The third-order valence-electron chi connectivity index (χ3n) is 6.42. The molecule has 0 spiro atoms. The van der Waals surface area contributed by atoms with E-state index in [0.29, 0.717) is 16.5 Å². The van der Waals surface area contributed by atoms with E-state index in [1.54, 1.807) is 0 Å². The van der Waals surface area contributed by atoms with Gasteiger partial charge < -0.3 is 18.9 Å². The SMILES string of the molecule is CCCCCC[N+](C)(C)Cc1ccc2oc(-c3ccc(N(CC)CC)cc3)c(O)c(=O)c2c1. The topological polar surface area (TPSA) is 53.7 Å². The molecule has 5 heteroatoms. The van der Waals surface area contributed by atoms with Crippen molar-refractivity contribution in [2.45, 2.75) is 53.0 Å². The van der Waals surface area contributed by atoms with Crippen molar-refractivity contribution in [3.8, 4) is 17.1 Å². The number of quaternary nitrogens is 1. The molecule has 0 aliphatic carbocycles. The Kier molecular flexibility index (Phi) is 8.20. The van der Waals surface area contributed by atoms with Gasteiger partial charge in [0.15, 0.2) is 5.76 Å². The van der Waals surface area contributed by atoms with E-state index in [1.807, 2.05) is 42.5 Å². The van der Waals surface area contributed by atoms with E-state index in [2.05, 4.69) is 39.8 Å². The molecule has 0 aliphatic heterocycles. The van der Waals surface area contributed by atoms with Crippen LogP contribution in [0.5, 0.6) is 5.75 Å². The molecule has 0 saturated heterocycles. The molecule has 1 N–H and O–H groups in total. The monoisotopic (exact) mass is 451 g/mol. The maximum Gasteiger partial charge on any atom is 0.235 e. The Labute approximate surface area is 197 Å². The lowest BCUT2D eigenvalue weighted by Crippen LogP contribution is -2.39. The van der Waals surface area contributed by atoms with Gasteiger partial charge in [0.25, 0.3) is 0 Å². The smallest absolute Gasteiger partial charge is 0.235 e. The van der Waals surface area contributed by atoms with Crippen LogP contribution in [0, 0.1) is 0 Å². The third kappa shape index (κ3) is 5.97. The third-order valence-corrected chi connectivity index (χ3v) is 6.42. The lowest BCUT2D eigenvalue weighted by Gasteiger charge is -2.30. The van der Waals surface area contributed by atoms with Crippen molar-refractivity contribution in [2.24, 2.45) is 0 Å². The first-order valence-electron chi connectivity index (χ1n) is 12.3. The van der Waals surface area contributed by atoms with Gasteiger partial charge in [-0.3, -0.25) is 4.79 Å². The Morgan fingerprint density at radius 2 is 1.64 bits per heavy atom. The van der Waals surface area contributed by atoms with Crippen LogP contribution in [0.2, 0.25) is 0 Å². The quantitative estimate of drug-likeness (QED) is 0.280. The highest BCUT2D eigenvalue weighted by molar-refractivity contribution is 5.82. The van der Waals surface area contributed by atoms with Crippen molar-refractivity contribution >= 4 is 16.7 Å². The molecular weight excluding hydrogens is 412 g/mol. The number of rotatable bonds is 11. The summed E-state index contributed by atoms with van der Waals surface area (Å²) >= 11 is 0. The molecule has 3 rings (SSSR count). The van der Waals surface area contributed by atoms with Gasteiger partial charge in [-0.05, 0) is 69.2 Å². The van der Waals surface area contributed by atoms with E-state index in [1.165, 1.54) is 25.7 Å².